The molecule has 0 amide bonds. The summed E-state index contributed by atoms with van der Waals surface area (Å²) < 4.78 is 0. The van der Waals surface area contributed by atoms with Crippen LogP contribution < -0.4 is 0 Å². The summed E-state index contributed by atoms with van der Waals surface area (Å²) in [6.07, 6.45) is 0. The van der Waals surface area contributed by atoms with E-state index in [4.69, 9.17) is 0 Å². The van der Waals surface area contributed by atoms with Gasteiger partial charge in [0.2, 0.25) is 0 Å². The average molecular weight is 204 g/mol. The third-order valence-corrected chi connectivity index (χ3v) is 0. The predicted molar refractivity (Wildman–Crippen MR) is 28.9 cm³/mol. The molecule has 0 fully saturated rings. The van der Waals surface area contributed by atoms with Gasteiger partial charge in [-0.05, 0) is 0 Å². The van der Waals surface area contributed by atoms with Crippen LogP contribution in [0.15, 0.2) is 0 Å². The molecule has 0 saturated heterocycles. The fourth-order valence-corrected chi connectivity index (χ4v) is 0. The first-order valence-corrected chi connectivity index (χ1v) is 0. The number of rotatable bonds is 0. The molecule has 0 unspecified atom stereocenters. The molecule has 5 heavy (non-hydrogen) atoms. The van der Waals surface area contributed by atoms with Crippen molar-refractivity contribution in [2.24, 2.45) is 0 Å². The largest absolute Gasteiger partial charge is 0 e. The minimum absolute atomic E-state index is 0. The van der Waals surface area contributed by atoms with E-state index in [1.54, 1.807) is 0 Å². The molecule has 0 bridgehead atoms. The Hall–Kier alpha value is 3.03. The topological polar surface area (TPSA) is 0 Å². The first-order chi connectivity index (χ1) is 0. The van der Waals surface area contributed by atoms with E-state index in [-0.39, 0.29) is 106 Å². The van der Waals surface area contributed by atoms with Crippen molar-refractivity contribution in [3.8, 4) is 0 Å². The van der Waals surface area contributed by atoms with Crippen LogP contribution in [0.5, 0.6) is 0 Å². The van der Waals surface area contributed by atoms with Crippen LogP contribution >= 0.6 is 37.2 Å². The molecule has 5 heteroatoms. The van der Waals surface area contributed by atoms with Gasteiger partial charge in [0.25, 0.3) is 0 Å². The Kier molecular flexibility index (Phi) is 241. The van der Waals surface area contributed by atoms with Gasteiger partial charge in [-0.1, -0.05) is 0 Å². The standard InChI is InChI=1S/3ClH.K.Mn.H/h3*1H;;;. The summed E-state index contributed by atoms with van der Waals surface area (Å²) in [4.78, 5) is 0. The Morgan fingerprint density at radius 2 is 0.600 bits per heavy atom. The fourth-order valence-electron chi connectivity index (χ4n) is 0. The quantitative estimate of drug-likeness (QED) is 0.507. The van der Waals surface area contributed by atoms with Gasteiger partial charge in [-0.25, -0.2) is 0 Å². The molecule has 0 aromatic rings. The van der Waals surface area contributed by atoms with Crippen LogP contribution in [-0.2, 0) is 17.1 Å². The van der Waals surface area contributed by atoms with Gasteiger partial charge in [0.1, 0.15) is 0 Å². The summed E-state index contributed by atoms with van der Waals surface area (Å²) in [5.41, 5.74) is 0. The normalized spacial score (nSPS) is 0. The summed E-state index contributed by atoms with van der Waals surface area (Å²) in [7, 11) is 0. The second kappa shape index (κ2) is 27.9. The minimum atomic E-state index is 0. The van der Waals surface area contributed by atoms with Gasteiger partial charge >= 0.3 is 51.4 Å². The van der Waals surface area contributed by atoms with Gasteiger partial charge in [0, 0.05) is 17.1 Å². The monoisotopic (exact) mass is 203 g/mol. The zero-order chi connectivity index (χ0) is 0. The van der Waals surface area contributed by atoms with Gasteiger partial charge in [0.05, 0.1) is 0 Å². The van der Waals surface area contributed by atoms with Gasteiger partial charge in [-0.3, -0.25) is 0 Å². The molecule has 0 spiro atoms. The minimum Gasteiger partial charge on any atom is 0 e. The van der Waals surface area contributed by atoms with Gasteiger partial charge in [0.15, 0.2) is 0 Å². The summed E-state index contributed by atoms with van der Waals surface area (Å²) in [6, 6.07) is 0. The molecule has 0 nitrogen and oxygen atoms in total. The molecule has 0 N–H and O–H groups in total. The van der Waals surface area contributed by atoms with E-state index in [0.717, 1.165) is 0 Å². The second-order valence-electron chi connectivity index (χ2n) is 0. The molecular weight excluding hydrogens is 200 g/mol. The predicted octanol–water partition coefficient (Wildman–Crippen LogP) is 0.614. The van der Waals surface area contributed by atoms with Gasteiger partial charge in [-0.15, -0.1) is 37.2 Å². The van der Waals surface area contributed by atoms with Crippen molar-refractivity contribution in [3.05, 3.63) is 0 Å². The Morgan fingerprint density at radius 1 is 0.600 bits per heavy atom. The first kappa shape index (κ1) is 43.3. The molecule has 33 valence electrons. The zero-order valence-corrected chi connectivity index (χ0v) is 5.23. The maximum absolute atomic E-state index is 0. The van der Waals surface area contributed by atoms with Crippen molar-refractivity contribution in [2.45, 2.75) is 0 Å². The first-order valence-electron chi connectivity index (χ1n) is 0. The van der Waals surface area contributed by atoms with E-state index >= 15 is 0 Å². The van der Waals surface area contributed by atoms with Crippen molar-refractivity contribution < 1.29 is 17.1 Å². The van der Waals surface area contributed by atoms with Crippen LogP contribution in [0.2, 0.25) is 0 Å². The van der Waals surface area contributed by atoms with Crippen LogP contribution in [0.25, 0.3) is 0 Å². The molecule has 0 rings (SSSR count). The molecule has 0 aliphatic rings. The van der Waals surface area contributed by atoms with Crippen LogP contribution in [0.1, 0.15) is 0 Å². The Balaban J connectivity index is 0. The van der Waals surface area contributed by atoms with Crippen LogP contribution in [0.3, 0.4) is 0 Å². The average Bonchev–Trinajstić information content (AvgIpc) is 0. The van der Waals surface area contributed by atoms with Gasteiger partial charge < -0.3 is 0 Å². The van der Waals surface area contributed by atoms with Crippen molar-refractivity contribution >= 4 is 88.6 Å². The Morgan fingerprint density at radius 3 is 0.600 bits per heavy atom. The molecule has 0 aliphatic heterocycles. The molecule has 0 heterocycles. The van der Waals surface area contributed by atoms with E-state index in [9.17, 15) is 0 Å². The van der Waals surface area contributed by atoms with Crippen molar-refractivity contribution in [1.29, 1.82) is 0 Å². The van der Waals surface area contributed by atoms with E-state index < -0.39 is 0 Å². The second-order valence-corrected chi connectivity index (χ2v) is 0. The van der Waals surface area contributed by atoms with Crippen molar-refractivity contribution in [2.75, 3.05) is 0 Å². The van der Waals surface area contributed by atoms with E-state index in [1.165, 1.54) is 0 Å². The van der Waals surface area contributed by atoms with Crippen LogP contribution in [0.4, 0.5) is 0 Å². The summed E-state index contributed by atoms with van der Waals surface area (Å²) in [5, 5.41) is 0. The fraction of sp³-hybridized carbons (Fsp3) is 0. The SMILES string of the molecule is Cl.Cl.Cl.[KH].[Mn]. The van der Waals surface area contributed by atoms with Crippen LogP contribution in [0, 0.1) is 0 Å². The van der Waals surface area contributed by atoms with E-state index in [1.807, 2.05) is 0 Å². The summed E-state index contributed by atoms with van der Waals surface area (Å²) >= 11 is 0. The van der Waals surface area contributed by atoms with Gasteiger partial charge in [-0.2, -0.15) is 0 Å². The smallest absolute Gasteiger partial charge is 0 e. The third kappa shape index (κ3) is 19.4. The molecule has 0 aromatic carbocycles. The Bertz CT molecular complexity index is 6.85. The summed E-state index contributed by atoms with van der Waals surface area (Å²) in [6.45, 7) is 0. The molecular formula is H4Cl3KMn. The molecule has 0 saturated carbocycles. The maximum Gasteiger partial charge on any atom is 0 e. The van der Waals surface area contributed by atoms with Crippen LogP contribution in [-0.4, -0.2) is 51.4 Å². The molecule has 1 radical (unpaired) electrons. The molecule has 0 aromatic heterocycles. The number of halogens is 3. The van der Waals surface area contributed by atoms with E-state index in [2.05, 4.69) is 0 Å². The Labute approximate surface area is 103 Å². The van der Waals surface area contributed by atoms with E-state index in [0.29, 0.717) is 0 Å². The van der Waals surface area contributed by atoms with Crippen molar-refractivity contribution in [3.63, 3.8) is 0 Å². The molecule has 0 aliphatic carbocycles. The van der Waals surface area contributed by atoms with Crippen molar-refractivity contribution in [1.82, 2.24) is 0 Å². The zero-order valence-electron chi connectivity index (χ0n) is 1.60. The number of hydrogen-bond donors (Lipinski definition) is 0. The third-order valence-electron chi connectivity index (χ3n) is 0. The summed E-state index contributed by atoms with van der Waals surface area (Å²) in [5.74, 6) is 0. The molecule has 0 atom stereocenters. The number of hydrogen-bond acceptors (Lipinski definition) is 0. The maximum atomic E-state index is 0.